The van der Waals surface area contributed by atoms with Gasteiger partial charge in [-0.05, 0) is 24.6 Å². The summed E-state index contributed by atoms with van der Waals surface area (Å²) in [6, 6.07) is 5.73. The Morgan fingerprint density at radius 1 is 1.52 bits per heavy atom. The predicted octanol–water partition coefficient (Wildman–Crippen LogP) is 1.40. The minimum absolute atomic E-state index is 0.00117. The summed E-state index contributed by atoms with van der Waals surface area (Å²) < 4.78 is 5.73. The van der Waals surface area contributed by atoms with Crippen LogP contribution in [0.2, 0.25) is 0 Å². The number of hydrogen-bond donors (Lipinski definition) is 1. The molecule has 1 aliphatic rings. The van der Waals surface area contributed by atoms with E-state index in [0.717, 1.165) is 23.7 Å². The normalized spacial score (nSPS) is 18.7. The Balaban J connectivity index is 1.56. The van der Waals surface area contributed by atoms with Gasteiger partial charge >= 0.3 is 0 Å². The Morgan fingerprint density at radius 3 is 3.22 bits per heavy atom. The summed E-state index contributed by atoms with van der Waals surface area (Å²) in [6.07, 6.45) is 2.03. The van der Waals surface area contributed by atoms with Crippen LogP contribution in [0.25, 0.3) is 0 Å². The Labute approximate surface area is 139 Å². The monoisotopic (exact) mass is 332 g/mol. The van der Waals surface area contributed by atoms with Crippen LogP contribution in [0.5, 0.6) is 0 Å². The van der Waals surface area contributed by atoms with Crippen molar-refractivity contribution < 1.29 is 9.53 Å². The van der Waals surface area contributed by atoms with Gasteiger partial charge in [-0.15, -0.1) is 11.3 Å². The first-order chi connectivity index (χ1) is 11.2. The van der Waals surface area contributed by atoms with E-state index in [1.165, 1.54) is 0 Å². The molecule has 122 valence electrons. The Morgan fingerprint density at radius 2 is 2.43 bits per heavy atom. The lowest BCUT2D eigenvalue weighted by Gasteiger charge is -2.29. The topological polar surface area (TPSA) is 67.3 Å². The number of morpholine rings is 1. The molecule has 2 aromatic heterocycles. The van der Waals surface area contributed by atoms with Crippen molar-refractivity contribution in [3.8, 4) is 0 Å². The van der Waals surface area contributed by atoms with Crippen molar-refractivity contribution in [3.63, 3.8) is 0 Å². The molecule has 6 nitrogen and oxygen atoms in total. The van der Waals surface area contributed by atoms with Crippen molar-refractivity contribution in [2.45, 2.75) is 19.1 Å². The molecule has 0 saturated carbocycles. The number of amides is 1. The lowest BCUT2D eigenvalue weighted by atomic mass is 10.2. The zero-order valence-corrected chi connectivity index (χ0v) is 13.9. The van der Waals surface area contributed by atoms with Crippen LogP contribution in [-0.2, 0) is 22.5 Å². The van der Waals surface area contributed by atoms with E-state index >= 15 is 0 Å². The first kappa shape index (κ1) is 16.0. The zero-order chi connectivity index (χ0) is 16.1. The van der Waals surface area contributed by atoms with Gasteiger partial charge in [0, 0.05) is 24.2 Å². The van der Waals surface area contributed by atoms with Crippen LogP contribution in [0.3, 0.4) is 0 Å². The number of thiophene rings is 1. The van der Waals surface area contributed by atoms with Gasteiger partial charge in [-0.3, -0.25) is 4.79 Å². The number of aromatic nitrogens is 2. The fourth-order valence-electron chi connectivity index (χ4n) is 2.42. The van der Waals surface area contributed by atoms with Crippen LogP contribution in [-0.4, -0.2) is 47.5 Å². The highest BCUT2D eigenvalue weighted by molar-refractivity contribution is 7.10. The maximum atomic E-state index is 11.9. The molecule has 1 fully saturated rings. The highest BCUT2D eigenvalue weighted by atomic mass is 32.1. The van der Waals surface area contributed by atoms with Gasteiger partial charge in [0.1, 0.15) is 6.10 Å². The largest absolute Gasteiger partial charge is 0.368 e. The number of carbonyl (C=O) groups is 1. The van der Waals surface area contributed by atoms with Gasteiger partial charge < -0.3 is 15.0 Å². The summed E-state index contributed by atoms with van der Waals surface area (Å²) in [5.74, 6) is 0.683. The quantitative estimate of drug-likeness (QED) is 0.896. The van der Waals surface area contributed by atoms with Gasteiger partial charge in [-0.1, -0.05) is 6.07 Å². The van der Waals surface area contributed by atoms with Crippen LogP contribution in [0.4, 0.5) is 0 Å². The highest BCUT2D eigenvalue weighted by Crippen LogP contribution is 2.18. The van der Waals surface area contributed by atoms with E-state index in [0.29, 0.717) is 25.4 Å². The van der Waals surface area contributed by atoms with E-state index in [1.807, 2.05) is 23.6 Å². The molecule has 0 aromatic carbocycles. The predicted molar refractivity (Wildman–Crippen MR) is 88.1 cm³/mol. The van der Waals surface area contributed by atoms with Gasteiger partial charge in [-0.2, -0.15) is 0 Å². The molecule has 0 radical (unpaired) electrons. The van der Waals surface area contributed by atoms with E-state index in [4.69, 9.17) is 4.74 Å². The molecule has 0 unspecified atom stereocenters. The van der Waals surface area contributed by atoms with Gasteiger partial charge in [0.2, 0.25) is 5.91 Å². The molecule has 1 atom stereocenters. The number of rotatable bonds is 5. The molecule has 3 heterocycles. The van der Waals surface area contributed by atoms with E-state index in [1.54, 1.807) is 17.5 Å². The second-order valence-corrected chi connectivity index (χ2v) is 6.59. The van der Waals surface area contributed by atoms with E-state index in [2.05, 4.69) is 27.2 Å². The van der Waals surface area contributed by atoms with Crippen molar-refractivity contribution >= 4 is 17.2 Å². The molecule has 23 heavy (non-hydrogen) atoms. The summed E-state index contributed by atoms with van der Waals surface area (Å²) in [5.41, 5.74) is 0.798. The third-order valence-electron chi connectivity index (χ3n) is 3.67. The van der Waals surface area contributed by atoms with Crippen molar-refractivity contribution in [2.24, 2.45) is 0 Å². The van der Waals surface area contributed by atoms with Crippen molar-refractivity contribution in [2.75, 3.05) is 26.7 Å². The summed E-state index contributed by atoms with van der Waals surface area (Å²) in [7, 11) is 2.06. The van der Waals surface area contributed by atoms with Gasteiger partial charge in [-0.25, -0.2) is 9.97 Å². The summed E-state index contributed by atoms with van der Waals surface area (Å²) >= 11 is 1.59. The molecule has 0 bridgehead atoms. The lowest BCUT2D eigenvalue weighted by Crippen LogP contribution is -2.36. The van der Waals surface area contributed by atoms with Crippen LogP contribution in [0, 0.1) is 0 Å². The van der Waals surface area contributed by atoms with Crippen molar-refractivity contribution in [1.29, 1.82) is 0 Å². The molecule has 3 rings (SSSR count). The minimum Gasteiger partial charge on any atom is -0.368 e. The number of carbonyl (C=O) groups excluding carboxylic acids is 1. The minimum atomic E-state index is -0.101. The SMILES string of the molecule is CN1CCO[C@H](c2nccc(CNC(=O)Cc3cccs3)n2)C1. The molecule has 1 amide bonds. The number of likely N-dealkylation sites (N-methyl/N-ethyl adjacent to an activating group) is 1. The van der Waals surface area contributed by atoms with Gasteiger partial charge in [0.25, 0.3) is 0 Å². The molecular weight excluding hydrogens is 312 g/mol. The molecule has 1 N–H and O–H groups in total. The molecule has 1 aliphatic heterocycles. The third-order valence-corrected chi connectivity index (χ3v) is 4.55. The summed E-state index contributed by atoms with van der Waals surface area (Å²) in [6.45, 7) is 2.80. The van der Waals surface area contributed by atoms with Crippen LogP contribution < -0.4 is 5.32 Å². The molecule has 0 spiro atoms. The standard InChI is InChI=1S/C16H20N4O2S/c1-20-6-7-22-14(11-20)16-17-5-4-12(19-16)10-18-15(21)9-13-3-2-8-23-13/h2-5,8,14H,6-7,9-11H2,1H3,(H,18,21)/t14-/m0/s1. The van der Waals surface area contributed by atoms with Crippen LogP contribution in [0.15, 0.2) is 29.8 Å². The number of nitrogens with one attached hydrogen (secondary N) is 1. The Kier molecular flexibility index (Phi) is 5.32. The molecule has 1 saturated heterocycles. The first-order valence-electron chi connectivity index (χ1n) is 7.62. The maximum absolute atomic E-state index is 11.9. The van der Waals surface area contributed by atoms with Gasteiger partial charge in [0.05, 0.1) is 25.3 Å². The average molecular weight is 332 g/mol. The first-order valence-corrected chi connectivity index (χ1v) is 8.50. The van der Waals surface area contributed by atoms with Crippen LogP contribution in [0.1, 0.15) is 22.5 Å². The van der Waals surface area contributed by atoms with E-state index in [-0.39, 0.29) is 12.0 Å². The number of nitrogens with zero attached hydrogens (tertiary/aromatic N) is 3. The smallest absolute Gasteiger partial charge is 0.225 e. The average Bonchev–Trinajstić information content (AvgIpc) is 3.06. The van der Waals surface area contributed by atoms with E-state index in [9.17, 15) is 4.79 Å². The second-order valence-electron chi connectivity index (χ2n) is 5.56. The van der Waals surface area contributed by atoms with Crippen LogP contribution >= 0.6 is 11.3 Å². The maximum Gasteiger partial charge on any atom is 0.225 e. The van der Waals surface area contributed by atoms with Crippen molar-refractivity contribution in [3.05, 3.63) is 46.2 Å². The highest BCUT2D eigenvalue weighted by Gasteiger charge is 2.22. The Bertz CT molecular complexity index is 647. The third kappa shape index (κ3) is 4.57. The fourth-order valence-corrected chi connectivity index (χ4v) is 3.13. The summed E-state index contributed by atoms with van der Waals surface area (Å²) in [5, 5.41) is 4.88. The Hall–Kier alpha value is -1.83. The van der Waals surface area contributed by atoms with Crippen molar-refractivity contribution in [1.82, 2.24) is 20.2 Å². The van der Waals surface area contributed by atoms with Gasteiger partial charge in [0.15, 0.2) is 5.82 Å². The zero-order valence-electron chi connectivity index (χ0n) is 13.1. The molecule has 0 aliphatic carbocycles. The molecule has 2 aromatic rings. The van der Waals surface area contributed by atoms with E-state index < -0.39 is 0 Å². The number of ether oxygens (including phenoxy) is 1. The molecular formula is C16H20N4O2S. The summed E-state index contributed by atoms with van der Waals surface area (Å²) in [4.78, 5) is 24.0. The fraction of sp³-hybridized carbons (Fsp3) is 0.438. The second kappa shape index (κ2) is 7.63. The lowest BCUT2D eigenvalue weighted by molar-refractivity contribution is -0.120. The number of hydrogen-bond acceptors (Lipinski definition) is 6. The molecule has 7 heteroatoms.